The third kappa shape index (κ3) is 2.85. The van der Waals surface area contributed by atoms with Crippen molar-refractivity contribution in [3.05, 3.63) is 35.9 Å². The third-order valence-corrected chi connectivity index (χ3v) is 4.55. The van der Waals surface area contributed by atoms with Crippen LogP contribution in [0.3, 0.4) is 0 Å². The van der Waals surface area contributed by atoms with Crippen molar-refractivity contribution in [2.45, 2.75) is 32.6 Å². The van der Waals surface area contributed by atoms with Crippen LogP contribution in [0.15, 0.2) is 30.3 Å². The van der Waals surface area contributed by atoms with Gasteiger partial charge in [0.2, 0.25) is 0 Å². The molecule has 0 bridgehead atoms. The van der Waals surface area contributed by atoms with Crippen LogP contribution in [0, 0.1) is 17.2 Å². The van der Waals surface area contributed by atoms with Gasteiger partial charge in [-0.25, -0.2) is 4.98 Å². The topological polar surface area (TPSA) is 39.9 Å². The number of aromatic nitrogens is 1. The Morgan fingerprint density at radius 2 is 2.14 bits per heavy atom. The zero-order valence-corrected chi connectivity index (χ0v) is 12.5. The predicted octanol–water partition coefficient (Wildman–Crippen LogP) is 4.12. The number of para-hydroxylation sites is 1. The van der Waals surface area contributed by atoms with Crippen molar-refractivity contribution in [1.29, 1.82) is 5.26 Å². The monoisotopic (exact) mass is 279 g/mol. The molecule has 1 fully saturated rings. The molecule has 0 N–H and O–H groups in total. The molecule has 21 heavy (non-hydrogen) atoms. The summed E-state index contributed by atoms with van der Waals surface area (Å²) >= 11 is 0. The van der Waals surface area contributed by atoms with Gasteiger partial charge in [-0.1, -0.05) is 31.5 Å². The van der Waals surface area contributed by atoms with E-state index in [1.807, 2.05) is 30.3 Å². The predicted molar refractivity (Wildman–Crippen MR) is 86.3 cm³/mol. The Bertz CT molecular complexity index is 672. The molecule has 1 aromatic carbocycles. The van der Waals surface area contributed by atoms with Crippen molar-refractivity contribution in [3.63, 3.8) is 0 Å². The van der Waals surface area contributed by atoms with E-state index in [1.54, 1.807) is 0 Å². The van der Waals surface area contributed by atoms with Crippen molar-refractivity contribution < 1.29 is 0 Å². The molecule has 2 heterocycles. The van der Waals surface area contributed by atoms with E-state index in [4.69, 9.17) is 4.98 Å². The zero-order valence-electron chi connectivity index (χ0n) is 12.5. The maximum absolute atomic E-state index is 9.46. The molecule has 3 heteroatoms. The smallest absolute Gasteiger partial charge is 0.147 e. The van der Waals surface area contributed by atoms with Gasteiger partial charge in [-0.05, 0) is 37.3 Å². The lowest BCUT2D eigenvalue weighted by Gasteiger charge is -2.23. The lowest BCUT2D eigenvalue weighted by atomic mass is 9.98. The molecule has 3 rings (SSSR count). The summed E-state index contributed by atoms with van der Waals surface area (Å²) in [5.74, 6) is 1.69. The fourth-order valence-electron chi connectivity index (χ4n) is 3.21. The first-order valence-electron chi connectivity index (χ1n) is 7.86. The Morgan fingerprint density at radius 3 is 2.95 bits per heavy atom. The minimum absolute atomic E-state index is 0.698. The number of anilines is 1. The van der Waals surface area contributed by atoms with Gasteiger partial charge in [0.15, 0.2) is 0 Å². The van der Waals surface area contributed by atoms with Crippen molar-refractivity contribution in [3.8, 4) is 6.07 Å². The van der Waals surface area contributed by atoms with Crippen LogP contribution in [0.4, 0.5) is 5.82 Å². The highest BCUT2D eigenvalue weighted by molar-refractivity contribution is 5.83. The summed E-state index contributed by atoms with van der Waals surface area (Å²) in [6.45, 7) is 4.30. The van der Waals surface area contributed by atoms with Gasteiger partial charge >= 0.3 is 0 Å². The lowest BCUT2D eigenvalue weighted by molar-refractivity contribution is 0.459. The molecule has 1 saturated heterocycles. The maximum atomic E-state index is 9.46. The molecular formula is C18H21N3. The van der Waals surface area contributed by atoms with Gasteiger partial charge in [0.05, 0.1) is 11.1 Å². The molecule has 0 spiro atoms. The Kier molecular flexibility index (Phi) is 4.06. The van der Waals surface area contributed by atoms with Crippen LogP contribution in [0.5, 0.6) is 0 Å². The molecule has 108 valence electrons. The quantitative estimate of drug-likeness (QED) is 0.830. The highest BCUT2D eigenvalue weighted by Crippen LogP contribution is 2.27. The first-order valence-corrected chi connectivity index (χ1v) is 7.86. The molecule has 1 aliphatic heterocycles. The number of fused-ring (bicyclic) bond motifs is 1. The van der Waals surface area contributed by atoms with E-state index in [1.165, 1.54) is 25.7 Å². The van der Waals surface area contributed by atoms with Gasteiger partial charge < -0.3 is 4.90 Å². The molecule has 2 aromatic rings. The highest BCUT2D eigenvalue weighted by atomic mass is 15.2. The summed E-state index contributed by atoms with van der Waals surface area (Å²) < 4.78 is 0. The van der Waals surface area contributed by atoms with Crippen LogP contribution in [0.2, 0.25) is 0 Å². The van der Waals surface area contributed by atoms with E-state index < -0.39 is 0 Å². The molecule has 1 aliphatic rings. The van der Waals surface area contributed by atoms with E-state index in [9.17, 15) is 5.26 Å². The summed E-state index contributed by atoms with van der Waals surface area (Å²) in [7, 11) is 0. The second kappa shape index (κ2) is 6.13. The minimum Gasteiger partial charge on any atom is -0.355 e. The second-order valence-corrected chi connectivity index (χ2v) is 5.86. The lowest BCUT2D eigenvalue weighted by Crippen LogP contribution is -2.26. The summed E-state index contributed by atoms with van der Waals surface area (Å²) in [5.41, 5.74) is 1.67. The van der Waals surface area contributed by atoms with Crippen LogP contribution in [-0.2, 0) is 0 Å². The van der Waals surface area contributed by atoms with Gasteiger partial charge in [-0.2, -0.15) is 5.26 Å². The molecular weight excluding hydrogens is 258 g/mol. The van der Waals surface area contributed by atoms with Crippen molar-refractivity contribution in [2.75, 3.05) is 18.0 Å². The molecule has 1 aromatic heterocycles. The number of rotatable bonds is 2. The zero-order chi connectivity index (χ0) is 14.7. The largest absolute Gasteiger partial charge is 0.355 e. The fraction of sp³-hybridized carbons (Fsp3) is 0.444. The SMILES string of the molecule is CCC1CCCN(c2nc3ccccc3cc2C#N)CC1. The average Bonchev–Trinajstić information content (AvgIpc) is 2.79. The minimum atomic E-state index is 0.698. The van der Waals surface area contributed by atoms with Crippen LogP contribution in [0.1, 0.15) is 38.2 Å². The first kappa shape index (κ1) is 13.9. The summed E-state index contributed by atoms with van der Waals surface area (Å²) in [6.07, 6.45) is 4.94. The maximum Gasteiger partial charge on any atom is 0.147 e. The van der Waals surface area contributed by atoms with Gasteiger partial charge in [0.1, 0.15) is 11.9 Å². The Balaban J connectivity index is 1.97. The number of benzene rings is 1. The van der Waals surface area contributed by atoms with E-state index in [2.05, 4.69) is 17.9 Å². The number of pyridine rings is 1. The first-order chi connectivity index (χ1) is 10.3. The van der Waals surface area contributed by atoms with Crippen molar-refractivity contribution in [2.24, 2.45) is 5.92 Å². The van der Waals surface area contributed by atoms with E-state index in [0.717, 1.165) is 35.7 Å². The van der Waals surface area contributed by atoms with Crippen LogP contribution in [0.25, 0.3) is 10.9 Å². The number of nitrogens with zero attached hydrogens (tertiary/aromatic N) is 3. The second-order valence-electron chi connectivity index (χ2n) is 5.86. The number of hydrogen-bond donors (Lipinski definition) is 0. The van der Waals surface area contributed by atoms with Gasteiger partial charge in [-0.15, -0.1) is 0 Å². The summed E-state index contributed by atoms with van der Waals surface area (Å²) in [6, 6.07) is 12.3. The van der Waals surface area contributed by atoms with Crippen molar-refractivity contribution in [1.82, 2.24) is 4.98 Å². The number of hydrogen-bond acceptors (Lipinski definition) is 3. The average molecular weight is 279 g/mol. The molecule has 3 nitrogen and oxygen atoms in total. The van der Waals surface area contributed by atoms with Gasteiger partial charge in [0, 0.05) is 18.5 Å². The van der Waals surface area contributed by atoms with E-state index in [0.29, 0.717) is 5.56 Å². The molecule has 1 atom stereocenters. The van der Waals surface area contributed by atoms with Crippen LogP contribution < -0.4 is 4.90 Å². The van der Waals surface area contributed by atoms with Crippen molar-refractivity contribution >= 4 is 16.7 Å². The summed E-state index contributed by atoms with van der Waals surface area (Å²) in [5, 5.41) is 10.5. The normalized spacial score (nSPS) is 19.2. The van der Waals surface area contributed by atoms with Gasteiger partial charge in [-0.3, -0.25) is 0 Å². The standard InChI is InChI=1S/C18H21N3/c1-2-14-6-5-10-21(11-9-14)18-16(13-19)12-15-7-3-4-8-17(15)20-18/h3-4,7-8,12,14H,2,5-6,9-11H2,1H3. The van der Waals surface area contributed by atoms with Crippen LogP contribution in [-0.4, -0.2) is 18.1 Å². The summed E-state index contributed by atoms with van der Waals surface area (Å²) in [4.78, 5) is 7.07. The molecule has 0 aliphatic carbocycles. The molecule has 1 unspecified atom stereocenters. The van der Waals surface area contributed by atoms with Gasteiger partial charge in [0.25, 0.3) is 0 Å². The van der Waals surface area contributed by atoms with Crippen LogP contribution >= 0.6 is 0 Å². The Morgan fingerprint density at radius 1 is 1.29 bits per heavy atom. The third-order valence-electron chi connectivity index (χ3n) is 4.55. The Hall–Kier alpha value is -2.08. The highest BCUT2D eigenvalue weighted by Gasteiger charge is 2.19. The van der Waals surface area contributed by atoms with E-state index >= 15 is 0 Å². The van der Waals surface area contributed by atoms with E-state index in [-0.39, 0.29) is 0 Å². The molecule has 0 saturated carbocycles. The fourth-order valence-corrected chi connectivity index (χ4v) is 3.21. The molecule has 0 amide bonds. The number of nitriles is 1. The molecule has 0 radical (unpaired) electrons. The Labute approximate surface area is 126 Å².